The van der Waals surface area contributed by atoms with E-state index in [-0.39, 0.29) is 6.04 Å². The van der Waals surface area contributed by atoms with Crippen LogP contribution in [-0.2, 0) is 4.74 Å². The van der Waals surface area contributed by atoms with Crippen molar-refractivity contribution in [1.29, 1.82) is 0 Å². The number of carbonyl (C=O) groups excluding carboxylic acids is 1. The van der Waals surface area contributed by atoms with Crippen LogP contribution < -0.4 is 16.8 Å². The summed E-state index contributed by atoms with van der Waals surface area (Å²) in [4.78, 5) is 11.2. The van der Waals surface area contributed by atoms with Gasteiger partial charge in [-0.3, -0.25) is 4.79 Å². The maximum absolute atomic E-state index is 11.2. The fourth-order valence-electron chi connectivity index (χ4n) is 1.47. The van der Waals surface area contributed by atoms with Crippen LogP contribution in [0.15, 0.2) is 18.2 Å². The Hall–Kier alpha value is -1.75. The van der Waals surface area contributed by atoms with Gasteiger partial charge in [-0.1, -0.05) is 6.07 Å². The van der Waals surface area contributed by atoms with Crippen LogP contribution in [0, 0.1) is 0 Å². The molecule has 5 heteroatoms. The number of hydrogen-bond donors (Lipinski definition) is 3. The van der Waals surface area contributed by atoms with Crippen molar-refractivity contribution in [2.24, 2.45) is 5.73 Å². The van der Waals surface area contributed by atoms with Crippen molar-refractivity contribution in [3.8, 4) is 0 Å². The molecule has 0 saturated carbocycles. The first-order valence-corrected chi connectivity index (χ1v) is 5.00. The molecule has 0 aliphatic rings. The van der Waals surface area contributed by atoms with Gasteiger partial charge in [0.1, 0.15) is 0 Å². The maximum atomic E-state index is 11.2. The van der Waals surface area contributed by atoms with Crippen LogP contribution in [-0.4, -0.2) is 25.7 Å². The van der Waals surface area contributed by atoms with E-state index in [0.717, 1.165) is 0 Å². The molecule has 0 heterocycles. The third kappa shape index (κ3) is 2.87. The topological polar surface area (TPSA) is 90.4 Å². The number of nitrogen functional groups attached to an aromatic ring is 1. The number of para-hydroxylation sites is 1. The van der Waals surface area contributed by atoms with Gasteiger partial charge in [0.25, 0.3) is 5.91 Å². The maximum Gasteiger partial charge on any atom is 0.250 e. The van der Waals surface area contributed by atoms with Crippen molar-refractivity contribution in [3.05, 3.63) is 23.8 Å². The molecular formula is C11H17N3O2. The number of hydrogen-bond acceptors (Lipinski definition) is 4. The molecule has 1 atom stereocenters. The Labute approximate surface area is 94.8 Å². The first-order valence-electron chi connectivity index (χ1n) is 5.00. The molecule has 0 aliphatic heterocycles. The van der Waals surface area contributed by atoms with Crippen molar-refractivity contribution in [2.45, 2.75) is 13.0 Å². The molecule has 5 N–H and O–H groups in total. The second-order valence-electron chi connectivity index (χ2n) is 3.63. The van der Waals surface area contributed by atoms with Crippen molar-refractivity contribution in [1.82, 2.24) is 0 Å². The second-order valence-corrected chi connectivity index (χ2v) is 3.63. The Morgan fingerprint density at radius 3 is 2.81 bits per heavy atom. The van der Waals surface area contributed by atoms with Crippen LogP contribution in [0.3, 0.4) is 0 Å². The van der Waals surface area contributed by atoms with Crippen molar-refractivity contribution in [3.63, 3.8) is 0 Å². The van der Waals surface area contributed by atoms with E-state index in [1.807, 2.05) is 6.92 Å². The van der Waals surface area contributed by atoms with Gasteiger partial charge in [0.05, 0.1) is 23.5 Å². The van der Waals surface area contributed by atoms with Crippen molar-refractivity contribution >= 4 is 17.3 Å². The molecule has 0 fully saturated rings. The molecule has 0 aliphatic carbocycles. The summed E-state index contributed by atoms with van der Waals surface area (Å²) in [6.45, 7) is 2.45. The van der Waals surface area contributed by atoms with Gasteiger partial charge in [-0.15, -0.1) is 0 Å². The summed E-state index contributed by atoms with van der Waals surface area (Å²) in [5, 5.41) is 3.11. The Balaban J connectivity index is 2.97. The third-order valence-corrected chi connectivity index (χ3v) is 2.17. The summed E-state index contributed by atoms with van der Waals surface area (Å²) >= 11 is 0. The van der Waals surface area contributed by atoms with Gasteiger partial charge in [-0.05, 0) is 19.1 Å². The SMILES string of the molecule is COCC(C)Nc1c(N)cccc1C(N)=O. The minimum absolute atomic E-state index is 0.0489. The Morgan fingerprint density at radius 2 is 2.25 bits per heavy atom. The van der Waals surface area contributed by atoms with Gasteiger partial charge in [0.2, 0.25) is 0 Å². The van der Waals surface area contributed by atoms with Crippen LogP contribution in [0.2, 0.25) is 0 Å². The number of nitrogens with two attached hydrogens (primary N) is 2. The summed E-state index contributed by atoms with van der Waals surface area (Å²) in [5.41, 5.74) is 12.5. The predicted octanol–water partition coefficient (Wildman–Crippen LogP) is 0.815. The summed E-state index contributed by atoms with van der Waals surface area (Å²) in [5.74, 6) is -0.501. The number of carbonyl (C=O) groups is 1. The number of amides is 1. The third-order valence-electron chi connectivity index (χ3n) is 2.17. The molecule has 0 aromatic heterocycles. The molecule has 1 aromatic carbocycles. The number of benzene rings is 1. The van der Waals surface area contributed by atoms with Crippen molar-refractivity contribution < 1.29 is 9.53 Å². The molecule has 1 rings (SSSR count). The van der Waals surface area contributed by atoms with E-state index in [1.54, 1.807) is 25.3 Å². The molecule has 0 saturated heterocycles. The van der Waals surface area contributed by atoms with Gasteiger partial charge < -0.3 is 21.5 Å². The van der Waals surface area contributed by atoms with E-state index in [9.17, 15) is 4.79 Å². The molecule has 1 amide bonds. The lowest BCUT2D eigenvalue weighted by Crippen LogP contribution is -2.24. The van der Waals surface area contributed by atoms with Crippen molar-refractivity contribution in [2.75, 3.05) is 24.8 Å². The van der Waals surface area contributed by atoms with E-state index in [4.69, 9.17) is 16.2 Å². The molecule has 88 valence electrons. The van der Waals surface area contributed by atoms with Gasteiger partial charge in [-0.2, -0.15) is 0 Å². The van der Waals surface area contributed by atoms with E-state index in [2.05, 4.69) is 5.32 Å². The molecule has 5 nitrogen and oxygen atoms in total. The van der Waals surface area contributed by atoms with Gasteiger partial charge in [0, 0.05) is 13.2 Å². The normalized spacial score (nSPS) is 12.1. The van der Waals surface area contributed by atoms with Crippen LogP contribution in [0.25, 0.3) is 0 Å². The summed E-state index contributed by atoms with van der Waals surface area (Å²) < 4.78 is 5.00. The smallest absolute Gasteiger partial charge is 0.250 e. The molecule has 1 aromatic rings. The molecule has 0 radical (unpaired) electrons. The summed E-state index contributed by atoms with van der Waals surface area (Å²) in [7, 11) is 1.61. The number of rotatable bonds is 5. The first kappa shape index (κ1) is 12.3. The average Bonchev–Trinajstić information content (AvgIpc) is 2.21. The van der Waals surface area contributed by atoms with E-state index in [1.165, 1.54) is 0 Å². The Morgan fingerprint density at radius 1 is 1.56 bits per heavy atom. The zero-order valence-electron chi connectivity index (χ0n) is 9.49. The Kier molecular flexibility index (Phi) is 4.13. The fraction of sp³-hybridized carbons (Fsp3) is 0.364. The highest BCUT2D eigenvalue weighted by atomic mass is 16.5. The highest BCUT2D eigenvalue weighted by molar-refractivity contribution is 6.01. The van der Waals surface area contributed by atoms with Gasteiger partial charge in [0.15, 0.2) is 0 Å². The Bertz CT molecular complexity index is 379. The highest BCUT2D eigenvalue weighted by Gasteiger charge is 2.12. The zero-order chi connectivity index (χ0) is 12.1. The molecule has 0 bridgehead atoms. The largest absolute Gasteiger partial charge is 0.397 e. The zero-order valence-corrected chi connectivity index (χ0v) is 9.49. The lowest BCUT2D eigenvalue weighted by atomic mass is 10.1. The number of nitrogens with one attached hydrogen (secondary N) is 1. The lowest BCUT2D eigenvalue weighted by Gasteiger charge is -2.18. The quantitative estimate of drug-likeness (QED) is 0.644. The highest BCUT2D eigenvalue weighted by Crippen LogP contribution is 2.23. The fourth-order valence-corrected chi connectivity index (χ4v) is 1.47. The van der Waals surface area contributed by atoms with Crippen LogP contribution >= 0.6 is 0 Å². The molecular weight excluding hydrogens is 206 g/mol. The van der Waals surface area contributed by atoms with E-state index in [0.29, 0.717) is 23.5 Å². The van der Waals surface area contributed by atoms with Crippen LogP contribution in [0.5, 0.6) is 0 Å². The molecule has 16 heavy (non-hydrogen) atoms. The van der Waals surface area contributed by atoms with Crippen LogP contribution in [0.1, 0.15) is 17.3 Å². The van der Waals surface area contributed by atoms with E-state index < -0.39 is 5.91 Å². The van der Waals surface area contributed by atoms with Crippen LogP contribution in [0.4, 0.5) is 11.4 Å². The standard InChI is InChI=1S/C11H17N3O2/c1-7(6-16-2)14-10-8(11(13)15)4-3-5-9(10)12/h3-5,7,14H,6,12H2,1-2H3,(H2,13,15). The monoisotopic (exact) mass is 223 g/mol. The molecule has 0 spiro atoms. The number of primary amides is 1. The van der Waals surface area contributed by atoms with E-state index >= 15 is 0 Å². The second kappa shape index (κ2) is 5.37. The number of ether oxygens (including phenoxy) is 1. The number of methoxy groups -OCH3 is 1. The predicted molar refractivity (Wildman–Crippen MR) is 64.3 cm³/mol. The summed E-state index contributed by atoms with van der Waals surface area (Å²) in [6, 6.07) is 5.10. The average molecular weight is 223 g/mol. The summed E-state index contributed by atoms with van der Waals surface area (Å²) in [6.07, 6.45) is 0. The molecule has 1 unspecified atom stereocenters. The minimum atomic E-state index is -0.501. The minimum Gasteiger partial charge on any atom is -0.397 e. The van der Waals surface area contributed by atoms with Gasteiger partial charge >= 0.3 is 0 Å². The first-order chi connectivity index (χ1) is 7.56. The number of anilines is 2. The lowest BCUT2D eigenvalue weighted by molar-refractivity contribution is 0.100. The van der Waals surface area contributed by atoms with Gasteiger partial charge in [-0.25, -0.2) is 0 Å².